The maximum atomic E-state index is 10.8. The summed E-state index contributed by atoms with van der Waals surface area (Å²) >= 11 is 5.85. The van der Waals surface area contributed by atoms with Crippen LogP contribution >= 0.6 is 11.6 Å². The molecule has 8 nitrogen and oxygen atoms in total. The van der Waals surface area contributed by atoms with Crippen molar-refractivity contribution in [2.75, 3.05) is 11.9 Å². The van der Waals surface area contributed by atoms with Gasteiger partial charge in [-0.25, -0.2) is 4.98 Å². The number of halogens is 1. The predicted molar refractivity (Wildman–Crippen MR) is 92.6 cm³/mol. The summed E-state index contributed by atoms with van der Waals surface area (Å²) in [6.45, 7) is 2.17. The second kappa shape index (κ2) is 7.27. The summed E-state index contributed by atoms with van der Waals surface area (Å²) in [4.78, 5) is 18.7. The number of hydrogen-bond acceptors (Lipinski definition) is 7. The number of aromatic nitrogens is 3. The highest BCUT2D eigenvalue weighted by Crippen LogP contribution is 2.20. The number of pyridine rings is 1. The largest absolute Gasteiger partial charge is 0.370 e. The highest BCUT2D eigenvalue weighted by Gasteiger charge is 2.12. The quantitative estimate of drug-likeness (QED) is 0.528. The molecule has 0 amide bonds. The van der Waals surface area contributed by atoms with Crippen molar-refractivity contribution in [1.29, 1.82) is 0 Å². The van der Waals surface area contributed by atoms with E-state index < -0.39 is 4.92 Å². The van der Waals surface area contributed by atoms with Gasteiger partial charge in [0.25, 0.3) is 5.69 Å². The van der Waals surface area contributed by atoms with Gasteiger partial charge in [0.15, 0.2) is 0 Å². The Labute approximate surface area is 148 Å². The molecule has 0 fully saturated rings. The zero-order valence-electron chi connectivity index (χ0n) is 13.3. The first kappa shape index (κ1) is 16.8. The lowest BCUT2D eigenvalue weighted by atomic mass is 10.2. The van der Waals surface area contributed by atoms with E-state index in [1.54, 1.807) is 25.1 Å². The topological polar surface area (TPSA) is 107 Å². The first-order chi connectivity index (χ1) is 12.0. The number of nitro groups is 1. The number of rotatable bonds is 6. The van der Waals surface area contributed by atoms with Gasteiger partial charge in [0, 0.05) is 29.1 Å². The molecule has 1 N–H and O–H groups in total. The van der Waals surface area contributed by atoms with Crippen molar-refractivity contribution < 1.29 is 9.45 Å². The van der Waals surface area contributed by atoms with Crippen molar-refractivity contribution in [3.05, 3.63) is 63.1 Å². The van der Waals surface area contributed by atoms with Gasteiger partial charge in [-0.05, 0) is 37.3 Å². The lowest BCUT2D eigenvalue weighted by molar-refractivity contribution is -0.385. The number of hydrogen-bond donors (Lipinski definition) is 1. The second-order valence-corrected chi connectivity index (χ2v) is 5.74. The van der Waals surface area contributed by atoms with E-state index in [9.17, 15) is 10.1 Å². The number of nitrogens with one attached hydrogen (secondary N) is 1. The zero-order valence-corrected chi connectivity index (χ0v) is 14.0. The van der Waals surface area contributed by atoms with Crippen molar-refractivity contribution >= 4 is 23.1 Å². The van der Waals surface area contributed by atoms with E-state index in [1.807, 2.05) is 12.1 Å². The normalized spacial score (nSPS) is 10.6. The van der Waals surface area contributed by atoms with Gasteiger partial charge >= 0.3 is 0 Å². The van der Waals surface area contributed by atoms with Crippen LogP contribution in [-0.4, -0.2) is 26.6 Å². The molecule has 0 aliphatic heterocycles. The van der Waals surface area contributed by atoms with Crippen LogP contribution in [0, 0.1) is 17.0 Å². The maximum Gasteiger partial charge on any atom is 0.290 e. The SMILES string of the molecule is Cc1cc(NCCc2nc(-c3ccc(Cl)cc3)no2)ncc1[N+](=O)[O-]. The second-order valence-electron chi connectivity index (χ2n) is 5.31. The van der Waals surface area contributed by atoms with E-state index in [1.165, 1.54) is 6.20 Å². The van der Waals surface area contributed by atoms with Gasteiger partial charge in [-0.1, -0.05) is 16.8 Å². The summed E-state index contributed by atoms with van der Waals surface area (Å²) in [5.41, 5.74) is 1.36. The van der Waals surface area contributed by atoms with Crippen LogP contribution in [0.25, 0.3) is 11.4 Å². The molecule has 0 spiro atoms. The molecule has 1 aromatic carbocycles. The number of nitrogens with zero attached hydrogens (tertiary/aromatic N) is 4. The Morgan fingerprint density at radius 1 is 1.32 bits per heavy atom. The fourth-order valence-electron chi connectivity index (χ4n) is 2.21. The number of aryl methyl sites for hydroxylation is 1. The number of benzene rings is 1. The monoisotopic (exact) mass is 359 g/mol. The van der Waals surface area contributed by atoms with E-state index in [0.29, 0.717) is 41.1 Å². The van der Waals surface area contributed by atoms with E-state index >= 15 is 0 Å². The minimum atomic E-state index is -0.456. The van der Waals surface area contributed by atoms with Gasteiger partial charge in [0.2, 0.25) is 11.7 Å². The molecular weight excluding hydrogens is 346 g/mol. The van der Waals surface area contributed by atoms with Crippen molar-refractivity contribution in [2.45, 2.75) is 13.3 Å². The summed E-state index contributed by atoms with van der Waals surface area (Å²) in [5, 5.41) is 18.4. The molecule has 0 aliphatic rings. The van der Waals surface area contributed by atoms with E-state index in [0.717, 1.165) is 5.56 Å². The van der Waals surface area contributed by atoms with Gasteiger partial charge in [0.05, 0.1) is 4.92 Å². The summed E-state index contributed by atoms with van der Waals surface area (Å²) < 4.78 is 5.22. The molecule has 0 bridgehead atoms. The Balaban J connectivity index is 1.58. The van der Waals surface area contributed by atoms with Crippen LogP contribution in [0.2, 0.25) is 5.02 Å². The van der Waals surface area contributed by atoms with Crippen LogP contribution in [-0.2, 0) is 6.42 Å². The molecular formula is C16H14ClN5O3. The summed E-state index contributed by atoms with van der Waals surface area (Å²) in [5.74, 6) is 1.53. The van der Waals surface area contributed by atoms with Gasteiger partial charge in [0.1, 0.15) is 12.0 Å². The molecule has 0 aliphatic carbocycles. The maximum absolute atomic E-state index is 10.8. The van der Waals surface area contributed by atoms with E-state index in [4.69, 9.17) is 16.1 Å². The first-order valence-corrected chi connectivity index (χ1v) is 7.84. The molecule has 3 aromatic rings. The van der Waals surface area contributed by atoms with Crippen molar-refractivity contribution in [3.8, 4) is 11.4 Å². The average Bonchev–Trinajstić information content (AvgIpc) is 3.04. The first-order valence-electron chi connectivity index (χ1n) is 7.46. The molecule has 3 rings (SSSR count). The average molecular weight is 360 g/mol. The Kier molecular flexibility index (Phi) is 4.90. The fourth-order valence-corrected chi connectivity index (χ4v) is 2.33. The van der Waals surface area contributed by atoms with E-state index in [2.05, 4.69) is 20.4 Å². The van der Waals surface area contributed by atoms with Crippen molar-refractivity contribution in [2.24, 2.45) is 0 Å². The molecule has 2 heterocycles. The van der Waals surface area contributed by atoms with Crippen molar-refractivity contribution in [3.63, 3.8) is 0 Å². The standard InChI is InChI=1S/C16H14ClN5O3/c1-10-8-14(19-9-13(10)22(23)24)18-7-6-15-20-16(21-25-15)11-2-4-12(17)5-3-11/h2-5,8-9H,6-7H2,1H3,(H,18,19). The molecule has 128 valence electrons. The highest BCUT2D eigenvalue weighted by atomic mass is 35.5. The van der Waals surface area contributed by atoms with Crippen molar-refractivity contribution in [1.82, 2.24) is 15.1 Å². The third-order valence-corrected chi connectivity index (χ3v) is 3.75. The smallest absolute Gasteiger partial charge is 0.290 e. The fraction of sp³-hybridized carbons (Fsp3) is 0.188. The molecule has 25 heavy (non-hydrogen) atoms. The summed E-state index contributed by atoms with van der Waals surface area (Å²) in [6.07, 6.45) is 1.74. The molecule has 9 heteroatoms. The predicted octanol–water partition coefficient (Wildman–Crippen LogP) is 3.66. The lowest BCUT2D eigenvalue weighted by Crippen LogP contribution is -2.07. The molecule has 0 saturated carbocycles. The van der Waals surface area contributed by atoms with Gasteiger partial charge in [-0.15, -0.1) is 0 Å². The Hall–Kier alpha value is -3.00. The van der Waals surface area contributed by atoms with Gasteiger partial charge in [-0.2, -0.15) is 4.98 Å². The zero-order chi connectivity index (χ0) is 17.8. The summed E-state index contributed by atoms with van der Waals surface area (Å²) in [6, 6.07) is 8.79. The minimum absolute atomic E-state index is 0.00458. The molecule has 0 saturated heterocycles. The molecule has 0 atom stereocenters. The van der Waals surface area contributed by atoms with Gasteiger partial charge in [-0.3, -0.25) is 10.1 Å². The van der Waals surface area contributed by atoms with Crippen LogP contribution in [0.5, 0.6) is 0 Å². The summed E-state index contributed by atoms with van der Waals surface area (Å²) in [7, 11) is 0. The Bertz CT molecular complexity index is 895. The lowest BCUT2D eigenvalue weighted by Gasteiger charge is -2.04. The molecule has 0 unspecified atom stereocenters. The molecule has 0 radical (unpaired) electrons. The Morgan fingerprint density at radius 2 is 2.08 bits per heavy atom. The van der Waals surface area contributed by atoms with Crippen LogP contribution in [0.4, 0.5) is 11.5 Å². The van der Waals surface area contributed by atoms with Crippen LogP contribution in [0.3, 0.4) is 0 Å². The van der Waals surface area contributed by atoms with E-state index in [-0.39, 0.29) is 5.69 Å². The van der Waals surface area contributed by atoms with Crippen LogP contribution in [0.1, 0.15) is 11.5 Å². The highest BCUT2D eigenvalue weighted by molar-refractivity contribution is 6.30. The third kappa shape index (κ3) is 4.10. The minimum Gasteiger partial charge on any atom is -0.370 e. The number of anilines is 1. The molecule has 2 aromatic heterocycles. The van der Waals surface area contributed by atoms with Crippen LogP contribution < -0.4 is 5.32 Å². The Morgan fingerprint density at radius 3 is 2.76 bits per heavy atom. The third-order valence-electron chi connectivity index (χ3n) is 3.50. The van der Waals surface area contributed by atoms with Crippen LogP contribution in [0.15, 0.2) is 41.1 Å². The van der Waals surface area contributed by atoms with Gasteiger partial charge < -0.3 is 9.84 Å².